The van der Waals surface area contributed by atoms with Crippen molar-refractivity contribution in [3.05, 3.63) is 71.4 Å². The number of thiophene rings is 1. The lowest BCUT2D eigenvalue weighted by Gasteiger charge is -2.33. The number of carbonyl (C=O) groups excluding carboxylic acids is 1. The van der Waals surface area contributed by atoms with Gasteiger partial charge in [0.25, 0.3) is 15.9 Å². The SMILES string of the molecule is O=C(c1cnn(Cc2ccccc2)c1)N1CCN(S(=O)(=O)c2cccs2)CC1. The number of piperazine rings is 1. The zero-order chi connectivity index (χ0) is 19.6. The van der Waals surface area contributed by atoms with E-state index in [0.29, 0.717) is 42.5 Å². The molecule has 0 saturated carbocycles. The quantitative estimate of drug-likeness (QED) is 0.639. The van der Waals surface area contributed by atoms with Gasteiger partial charge in [-0.3, -0.25) is 9.48 Å². The highest BCUT2D eigenvalue weighted by molar-refractivity contribution is 7.91. The van der Waals surface area contributed by atoms with Crippen molar-refractivity contribution in [2.45, 2.75) is 10.8 Å². The maximum Gasteiger partial charge on any atom is 0.257 e. The van der Waals surface area contributed by atoms with E-state index in [2.05, 4.69) is 5.10 Å². The van der Waals surface area contributed by atoms with Crippen LogP contribution in [0.3, 0.4) is 0 Å². The first kappa shape index (κ1) is 18.9. The number of hydrogen-bond acceptors (Lipinski definition) is 5. The fraction of sp³-hybridized carbons (Fsp3) is 0.263. The normalized spacial score (nSPS) is 15.6. The van der Waals surface area contributed by atoms with Gasteiger partial charge in [0.05, 0.1) is 18.3 Å². The molecule has 146 valence electrons. The summed E-state index contributed by atoms with van der Waals surface area (Å²) in [7, 11) is -3.47. The van der Waals surface area contributed by atoms with E-state index < -0.39 is 10.0 Å². The molecule has 28 heavy (non-hydrogen) atoms. The number of sulfonamides is 1. The highest BCUT2D eigenvalue weighted by atomic mass is 32.2. The Balaban J connectivity index is 1.38. The molecule has 1 fully saturated rings. The highest BCUT2D eigenvalue weighted by Gasteiger charge is 2.31. The van der Waals surface area contributed by atoms with Crippen LogP contribution in [0.25, 0.3) is 0 Å². The number of nitrogens with zero attached hydrogens (tertiary/aromatic N) is 4. The number of benzene rings is 1. The predicted molar refractivity (Wildman–Crippen MR) is 107 cm³/mol. The molecule has 0 N–H and O–H groups in total. The summed E-state index contributed by atoms with van der Waals surface area (Å²) >= 11 is 1.21. The molecule has 3 aromatic rings. The fourth-order valence-electron chi connectivity index (χ4n) is 3.18. The summed E-state index contributed by atoms with van der Waals surface area (Å²) in [6, 6.07) is 13.2. The molecule has 7 nitrogen and oxygen atoms in total. The predicted octanol–water partition coefficient (Wildman–Crippen LogP) is 2.14. The monoisotopic (exact) mass is 416 g/mol. The minimum Gasteiger partial charge on any atom is -0.336 e. The van der Waals surface area contributed by atoms with Crippen molar-refractivity contribution in [2.75, 3.05) is 26.2 Å². The van der Waals surface area contributed by atoms with Crippen LogP contribution in [-0.2, 0) is 16.6 Å². The standard InChI is InChI=1S/C19H20N4O3S2/c24-19(17-13-20-22(15-17)14-16-5-2-1-3-6-16)21-8-10-23(11-9-21)28(25,26)18-7-4-12-27-18/h1-7,12-13,15H,8-11,14H2. The second kappa shape index (κ2) is 7.86. The lowest BCUT2D eigenvalue weighted by molar-refractivity contribution is 0.0698. The van der Waals surface area contributed by atoms with E-state index in [1.165, 1.54) is 15.6 Å². The van der Waals surface area contributed by atoms with Crippen molar-refractivity contribution in [1.82, 2.24) is 19.0 Å². The molecule has 0 aliphatic carbocycles. The van der Waals surface area contributed by atoms with Crippen LogP contribution >= 0.6 is 11.3 Å². The van der Waals surface area contributed by atoms with Crippen LogP contribution in [0.5, 0.6) is 0 Å². The summed E-state index contributed by atoms with van der Waals surface area (Å²) in [6.07, 6.45) is 3.31. The van der Waals surface area contributed by atoms with Crippen molar-refractivity contribution in [3.8, 4) is 0 Å². The van der Waals surface area contributed by atoms with Gasteiger partial charge in [-0.05, 0) is 17.0 Å². The first-order valence-corrected chi connectivity index (χ1v) is 11.3. The molecule has 4 rings (SSSR count). The van der Waals surface area contributed by atoms with E-state index in [4.69, 9.17) is 0 Å². The van der Waals surface area contributed by atoms with Crippen LogP contribution in [0.15, 0.2) is 64.4 Å². The zero-order valence-electron chi connectivity index (χ0n) is 15.1. The minimum atomic E-state index is -3.47. The smallest absolute Gasteiger partial charge is 0.257 e. The summed E-state index contributed by atoms with van der Waals surface area (Å²) in [5.41, 5.74) is 1.63. The Kier molecular flexibility index (Phi) is 5.29. The number of carbonyl (C=O) groups is 1. The lowest BCUT2D eigenvalue weighted by atomic mass is 10.2. The Bertz CT molecular complexity index is 1040. The molecule has 3 heterocycles. The number of aromatic nitrogens is 2. The van der Waals surface area contributed by atoms with E-state index >= 15 is 0 Å². The van der Waals surface area contributed by atoms with Crippen LogP contribution in [0.2, 0.25) is 0 Å². The molecule has 1 aromatic carbocycles. The Morgan fingerprint density at radius 1 is 1.04 bits per heavy atom. The van der Waals surface area contributed by atoms with Gasteiger partial charge in [-0.25, -0.2) is 8.42 Å². The maximum absolute atomic E-state index is 12.8. The van der Waals surface area contributed by atoms with Gasteiger partial charge in [-0.1, -0.05) is 36.4 Å². The molecule has 1 aliphatic rings. The van der Waals surface area contributed by atoms with Crippen LogP contribution in [0.4, 0.5) is 0 Å². The van der Waals surface area contributed by atoms with Gasteiger partial charge >= 0.3 is 0 Å². The maximum atomic E-state index is 12.8. The second-order valence-electron chi connectivity index (χ2n) is 6.54. The molecule has 1 aliphatic heterocycles. The molecule has 0 spiro atoms. The summed E-state index contributed by atoms with van der Waals surface area (Å²) in [5.74, 6) is -0.118. The summed E-state index contributed by atoms with van der Waals surface area (Å²) in [6.45, 7) is 1.93. The third-order valence-corrected chi connectivity index (χ3v) is 7.95. The molecule has 0 bridgehead atoms. The first-order chi connectivity index (χ1) is 13.5. The molecule has 2 aromatic heterocycles. The van der Waals surface area contributed by atoms with Gasteiger partial charge in [0.2, 0.25) is 0 Å². The van der Waals surface area contributed by atoms with E-state index in [9.17, 15) is 13.2 Å². The molecule has 0 unspecified atom stereocenters. The molecule has 0 atom stereocenters. The van der Waals surface area contributed by atoms with E-state index in [1.807, 2.05) is 30.3 Å². The molecule has 1 amide bonds. The molecular formula is C19H20N4O3S2. The van der Waals surface area contributed by atoms with Gasteiger partial charge in [0, 0.05) is 32.4 Å². The third-order valence-electron chi connectivity index (χ3n) is 4.68. The Hall–Kier alpha value is -2.49. The molecule has 0 radical (unpaired) electrons. The van der Waals surface area contributed by atoms with E-state index in [1.54, 1.807) is 39.5 Å². The Morgan fingerprint density at radius 2 is 1.79 bits per heavy atom. The number of rotatable bonds is 5. The van der Waals surface area contributed by atoms with Crippen LogP contribution in [0, 0.1) is 0 Å². The summed E-state index contributed by atoms with van der Waals surface area (Å²) < 4.78 is 28.7. The van der Waals surface area contributed by atoms with Crippen LogP contribution in [-0.4, -0.2) is 59.5 Å². The lowest BCUT2D eigenvalue weighted by Crippen LogP contribution is -2.50. The third kappa shape index (κ3) is 3.87. The Morgan fingerprint density at radius 3 is 2.46 bits per heavy atom. The van der Waals surface area contributed by atoms with Crippen molar-refractivity contribution < 1.29 is 13.2 Å². The average Bonchev–Trinajstić information content (AvgIpc) is 3.41. The van der Waals surface area contributed by atoms with Gasteiger partial charge in [-0.2, -0.15) is 9.40 Å². The molecular weight excluding hydrogens is 396 g/mol. The van der Waals surface area contributed by atoms with Gasteiger partial charge in [0.1, 0.15) is 4.21 Å². The fourth-order valence-corrected chi connectivity index (χ4v) is 5.75. The van der Waals surface area contributed by atoms with Gasteiger partial charge < -0.3 is 4.90 Å². The molecule has 1 saturated heterocycles. The van der Waals surface area contributed by atoms with E-state index in [0.717, 1.165) is 5.56 Å². The van der Waals surface area contributed by atoms with Crippen molar-refractivity contribution in [3.63, 3.8) is 0 Å². The Labute approximate surface area is 167 Å². The number of amides is 1. The average molecular weight is 417 g/mol. The minimum absolute atomic E-state index is 0.118. The van der Waals surface area contributed by atoms with E-state index in [-0.39, 0.29) is 5.91 Å². The van der Waals surface area contributed by atoms with Crippen LogP contribution < -0.4 is 0 Å². The topological polar surface area (TPSA) is 75.5 Å². The van der Waals surface area contributed by atoms with Gasteiger partial charge in [0.15, 0.2) is 0 Å². The summed E-state index contributed by atoms with van der Waals surface area (Å²) in [4.78, 5) is 14.4. The highest BCUT2D eigenvalue weighted by Crippen LogP contribution is 2.22. The second-order valence-corrected chi connectivity index (χ2v) is 9.65. The zero-order valence-corrected chi connectivity index (χ0v) is 16.8. The van der Waals surface area contributed by atoms with Crippen molar-refractivity contribution in [1.29, 1.82) is 0 Å². The van der Waals surface area contributed by atoms with Crippen molar-refractivity contribution in [2.24, 2.45) is 0 Å². The van der Waals surface area contributed by atoms with Gasteiger partial charge in [-0.15, -0.1) is 11.3 Å². The van der Waals surface area contributed by atoms with Crippen molar-refractivity contribution >= 4 is 27.3 Å². The molecule has 9 heteroatoms. The summed E-state index contributed by atoms with van der Waals surface area (Å²) in [5, 5.41) is 6.03. The largest absolute Gasteiger partial charge is 0.336 e. The van der Waals surface area contributed by atoms with Crippen LogP contribution in [0.1, 0.15) is 15.9 Å². The number of hydrogen-bond donors (Lipinski definition) is 0. The first-order valence-electron chi connectivity index (χ1n) is 8.93.